The second-order valence-electron chi connectivity index (χ2n) is 3.34. The second-order valence-corrected chi connectivity index (χ2v) is 3.34. The molecule has 2 N–H and O–H groups in total. The third kappa shape index (κ3) is 1.86. The van der Waals surface area contributed by atoms with Crippen LogP contribution in [0.15, 0.2) is 18.2 Å². The monoisotopic (exact) mass is 163 g/mol. The molecule has 0 bridgehead atoms. The fraction of sp³-hybridized carbons (Fsp3) is 0.455. The van der Waals surface area contributed by atoms with Crippen molar-refractivity contribution in [2.45, 2.75) is 33.2 Å². The molecule has 0 aliphatic rings. The van der Waals surface area contributed by atoms with E-state index >= 15 is 0 Å². The minimum Gasteiger partial charge on any atom is -0.324 e. The average Bonchev–Trinajstić information content (AvgIpc) is 2.04. The maximum Gasteiger partial charge on any atom is 0.0268 e. The molecular formula is C11H17N. The third-order valence-electron chi connectivity index (χ3n) is 2.17. The van der Waals surface area contributed by atoms with Crippen LogP contribution in [0, 0.1) is 6.92 Å². The molecule has 1 atom stereocenters. The molecule has 1 aromatic rings. The van der Waals surface area contributed by atoms with Crippen molar-refractivity contribution in [1.82, 2.24) is 0 Å². The third-order valence-corrected chi connectivity index (χ3v) is 2.17. The molecule has 1 heteroatoms. The largest absolute Gasteiger partial charge is 0.324 e. The Morgan fingerprint density at radius 3 is 2.58 bits per heavy atom. The number of nitrogens with two attached hydrogens (primary N) is 1. The molecule has 1 nitrogen and oxygen atoms in total. The highest BCUT2D eigenvalue weighted by Crippen LogP contribution is 2.17. The van der Waals surface area contributed by atoms with Crippen LogP contribution >= 0.6 is 0 Å². The van der Waals surface area contributed by atoms with Crippen LogP contribution in [0.2, 0.25) is 0 Å². The first kappa shape index (κ1) is 9.27. The van der Waals surface area contributed by atoms with Crippen molar-refractivity contribution in [3.63, 3.8) is 0 Å². The van der Waals surface area contributed by atoms with E-state index in [0.29, 0.717) is 0 Å². The van der Waals surface area contributed by atoms with Gasteiger partial charge < -0.3 is 5.73 Å². The van der Waals surface area contributed by atoms with Gasteiger partial charge in [-0.3, -0.25) is 0 Å². The maximum absolute atomic E-state index is 5.86. The Kier molecular flexibility index (Phi) is 2.88. The van der Waals surface area contributed by atoms with Gasteiger partial charge in [-0.05, 0) is 31.4 Å². The standard InChI is InChI=1S/C11H17N/c1-4-10-6-5-8(2)7-11(10)9(3)12/h5-7,9H,4,12H2,1-3H3/t9-/m0/s1. The van der Waals surface area contributed by atoms with Crippen LogP contribution < -0.4 is 5.73 Å². The highest BCUT2D eigenvalue weighted by atomic mass is 14.6. The van der Waals surface area contributed by atoms with Crippen LogP contribution in [0.4, 0.5) is 0 Å². The van der Waals surface area contributed by atoms with Crippen LogP contribution in [-0.4, -0.2) is 0 Å². The van der Waals surface area contributed by atoms with Crippen LogP contribution in [0.1, 0.15) is 36.6 Å². The van der Waals surface area contributed by atoms with Crippen molar-refractivity contribution in [2.75, 3.05) is 0 Å². The van der Waals surface area contributed by atoms with E-state index in [0.717, 1.165) is 6.42 Å². The summed E-state index contributed by atoms with van der Waals surface area (Å²) in [4.78, 5) is 0. The van der Waals surface area contributed by atoms with E-state index in [4.69, 9.17) is 5.73 Å². The SMILES string of the molecule is CCc1ccc(C)cc1[C@H](C)N. The predicted octanol–water partition coefficient (Wildman–Crippen LogP) is 2.58. The van der Waals surface area contributed by atoms with Gasteiger partial charge in [-0.1, -0.05) is 30.7 Å². The van der Waals surface area contributed by atoms with Crippen molar-refractivity contribution in [1.29, 1.82) is 0 Å². The Morgan fingerprint density at radius 1 is 1.42 bits per heavy atom. The van der Waals surface area contributed by atoms with Crippen molar-refractivity contribution in [3.05, 3.63) is 34.9 Å². The van der Waals surface area contributed by atoms with Crippen LogP contribution in [0.5, 0.6) is 0 Å². The van der Waals surface area contributed by atoms with Gasteiger partial charge in [0, 0.05) is 6.04 Å². The van der Waals surface area contributed by atoms with E-state index in [1.165, 1.54) is 16.7 Å². The number of hydrogen-bond acceptors (Lipinski definition) is 1. The molecule has 0 unspecified atom stereocenters. The molecule has 0 radical (unpaired) electrons. The normalized spacial score (nSPS) is 13.0. The van der Waals surface area contributed by atoms with E-state index in [1.807, 2.05) is 6.92 Å². The van der Waals surface area contributed by atoms with E-state index in [2.05, 4.69) is 32.0 Å². The Bertz CT molecular complexity index is 264. The molecule has 0 saturated carbocycles. The summed E-state index contributed by atoms with van der Waals surface area (Å²) in [6.07, 6.45) is 1.07. The van der Waals surface area contributed by atoms with Crippen LogP contribution in [0.25, 0.3) is 0 Å². The molecule has 66 valence electrons. The Hall–Kier alpha value is -0.820. The fourth-order valence-electron chi connectivity index (χ4n) is 1.46. The summed E-state index contributed by atoms with van der Waals surface area (Å²) < 4.78 is 0. The van der Waals surface area contributed by atoms with Gasteiger partial charge in [-0.15, -0.1) is 0 Å². The lowest BCUT2D eigenvalue weighted by atomic mass is 9.98. The fourth-order valence-corrected chi connectivity index (χ4v) is 1.46. The van der Waals surface area contributed by atoms with Crippen molar-refractivity contribution in [2.24, 2.45) is 5.73 Å². The predicted molar refractivity (Wildman–Crippen MR) is 53.2 cm³/mol. The van der Waals surface area contributed by atoms with E-state index in [-0.39, 0.29) is 6.04 Å². The highest BCUT2D eigenvalue weighted by Gasteiger charge is 2.04. The lowest BCUT2D eigenvalue weighted by Gasteiger charge is -2.11. The van der Waals surface area contributed by atoms with Gasteiger partial charge in [0.2, 0.25) is 0 Å². The number of hydrogen-bond donors (Lipinski definition) is 1. The zero-order valence-electron chi connectivity index (χ0n) is 8.09. The van der Waals surface area contributed by atoms with Crippen molar-refractivity contribution in [3.8, 4) is 0 Å². The Balaban J connectivity index is 3.12. The topological polar surface area (TPSA) is 26.0 Å². The summed E-state index contributed by atoms with van der Waals surface area (Å²) in [7, 11) is 0. The quantitative estimate of drug-likeness (QED) is 0.712. The smallest absolute Gasteiger partial charge is 0.0268 e. The summed E-state index contributed by atoms with van der Waals surface area (Å²) in [5.74, 6) is 0. The van der Waals surface area contributed by atoms with Gasteiger partial charge in [-0.2, -0.15) is 0 Å². The molecule has 0 aliphatic carbocycles. The summed E-state index contributed by atoms with van der Waals surface area (Å²) in [5, 5.41) is 0. The number of rotatable bonds is 2. The van der Waals surface area contributed by atoms with E-state index < -0.39 is 0 Å². The zero-order valence-corrected chi connectivity index (χ0v) is 8.09. The second kappa shape index (κ2) is 3.72. The lowest BCUT2D eigenvalue weighted by Crippen LogP contribution is -2.08. The van der Waals surface area contributed by atoms with Crippen molar-refractivity contribution < 1.29 is 0 Å². The molecule has 1 aromatic carbocycles. The zero-order chi connectivity index (χ0) is 9.14. The van der Waals surface area contributed by atoms with E-state index in [9.17, 15) is 0 Å². The summed E-state index contributed by atoms with van der Waals surface area (Å²) >= 11 is 0. The lowest BCUT2D eigenvalue weighted by molar-refractivity contribution is 0.799. The number of aryl methyl sites for hydroxylation is 2. The first-order valence-corrected chi connectivity index (χ1v) is 4.50. The molecule has 0 heterocycles. The van der Waals surface area contributed by atoms with Gasteiger partial charge in [0.05, 0.1) is 0 Å². The molecule has 0 amide bonds. The molecular weight excluding hydrogens is 146 g/mol. The van der Waals surface area contributed by atoms with Gasteiger partial charge in [0.25, 0.3) is 0 Å². The highest BCUT2D eigenvalue weighted by molar-refractivity contribution is 5.33. The molecule has 1 rings (SSSR count). The maximum atomic E-state index is 5.86. The van der Waals surface area contributed by atoms with E-state index in [1.54, 1.807) is 0 Å². The first-order chi connectivity index (χ1) is 5.65. The van der Waals surface area contributed by atoms with Gasteiger partial charge >= 0.3 is 0 Å². The number of benzene rings is 1. The molecule has 0 spiro atoms. The average molecular weight is 163 g/mol. The van der Waals surface area contributed by atoms with Crippen LogP contribution in [-0.2, 0) is 6.42 Å². The molecule has 0 fully saturated rings. The minimum atomic E-state index is 0.153. The Labute approximate surface area is 74.6 Å². The van der Waals surface area contributed by atoms with Gasteiger partial charge in [-0.25, -0.2) is 0 Å². The summed E-state index contributed by atoms with van der Waals surface area (Å²) in [5.41, 5.74) is 9.81. The molecule has 0 saturated heterocycles. The summed E-state index contributed by atoms with van der Waals surface area (Å²) in [6, 6.07) is 6.65. The molecule has 12 heavy (non-hydrogen) atoms. The molecule has 0 aromatic heterocycles. The Morgan fingerprint density at radius 2 is 2.08 bits per heavy atom. The van der Waals surface area contributed by atoms with Gasteiger partial charge in [0.1, 0.15) is 0 Å². The van der Waals surface area contributed by atoms with Crippen LogP contribution in [0.3, 0.4) is 0 Å². The minimum absolute atomic E-state index is 0.153. The summed E-state index contributed by atoms with van der Waals surface area (Å²) in [6.45, 7) is 6.30. The molecule has 0 aliphatic heterocycles. The van der Waals surface area contributed by atoms with Gasteiger partial charge in [0.15, 0.2) is 0 Å². The first-order valence-electron chi connectivity index (χ1n) is 4.50. The van der Waals surface area contributed by atoms with Crippen molar-refractivity contribution >= 4 is 0 Å².